The Morgan fingerprint density at radius 2 is 2.13 bits per heavy atom. The minimum atomic E-state index is -0.624. The Bertz CT molecular complexity index is 806. The van der Waals surface area contributed by atoms with Crippen LogP contribution in [0.2, 0.25) is 0 Å². The van der Waals surface area contributed by atoms with Gasteiger partial charge in [0, 0.05) is 18.1 Å². The highest BCUT2D eigenvalue weighted by molar-refractivity contribution is 7.99. The monoisotopic (exact) mass is 333 g/mol. The molecule has 2 aromatic rings. The summed E-state index contributed by atoms with van der Waals surface area (Å²) >= 11 is 1.42. The van der Waals surface area contributed by atoms with Gasteiger partial charge in [0.15, 0.2) is 5.16 Å². The van der Waals surface area contributed by atoms with Crippen molar-refractivity contribution in [2.24, 2.45) is 0 Å². The number of hydrogen-bond donors (Lipinski definition) is 2. The van der Waals surface area contributed by atoms with Gasteiger partial charge in [0.05, 0.1) is 5.56 Å². The second-order valence-corrected chi connectivity index (χ2v) is 6.39. The van der Waals surface area contributed by atoms with Crippen molar-refractivity contribution in [1.82, 2.24) is 9.97 Å². The number of thioether (sulfide) groups is 1. The van der Waals surface area contributed by atoms with Gasteiger partial charge in [-0.3, -0.25) is 9.59 Å². The predicted molar refractivity (Wildman–Crippen MR) is 87.4 cm³/mol. The van der Waals surface area contributed by atoms with Gasteiger partial charge in [0.2, 0.25) is 5.91 Å². The van der Waals surface area contributed by atoms with Crippen LogP contribution in [-0.2, 0) is 4.79 Å². The van der Waals surface area contributed by atoms with Crippen molar-refractivity contribution in [2.45, 2.75) is 30.8 Å². The third kappa shape index (κ3) is 3.14. The van der Waals surface area contributed by atoms with Crippen LogP contribution in [0.15, 0.2) is 34.2 Å². The number of aromatic amines is 1. The van der Waals surface area contributed by atoms with Crippen molar-refractivity contribution in [3.05, 3.63) is 51.6 Å². The van der Waals surface area contributed by atoms with Gasteiger partial charge >= 0.3 is 0 Å². The molecule has 23 heavy (non-hydrogen) atoms. The van der Waals surface area contributed by atoms with E-state index >= 15 is 0 Å². The Balaban J connectivity index is 2.09. The first-order chi connectivity index (χ1) is 11.1. The van der Waals surface area contributed by atoms with E-state index in [1.54, 1.807) is 18.2 Å². The van der Waals surface area contributed by atoms with Crippen molar-refractivity contribution < 1.29 is 9.18 Å². The minimum absolute atomic E-state index is 0.0279. The highest BCUT2D eigenvalue weighted by Gasteiger charge is 2.32. The van der Waals surface area contributed by atoms with Gasteiger partial charge in [-0.1, -0.05) is 36.9 Å². The Kier molecular flexibility index (Phi) is 4.47. The number of halogens is 1. The largest absolute Gasteiger partial charge is 0.310 e. The second kappa shape index (κ2) is 6.54. The smallest absolute Gasteiger partial charge is 0.257 e. The zero-order chi connectivity index (χ0) is 16.4. The maximum absolute atomic E-state index is 14.1. The fourth-order valence-corrected chi connectivity index (χ4v) is 3.36. The molecule has 1 aliphatic rings. The lowest BCUT2D eigenvalue weighted by molar-refractivity contribution is -0.116. The van der Waals surface area contributed by atoms with Crippen LogP contribution in [0.1, 0.15) is 36.8 Å². The third-order valence-electron chi connectivity index (χ3n) is 3.65. The number of fused-ring (bicyclic) bond motifs is 1. The summed E-state index contributed by atoms with van der Waals surface area (Å²) < 4.78 is 14.1. The third-order valence-corrected chi connectivity index (χ3v) is 4.73. The van der Waals surface area contributed by atoms with E-state index < -0.39 is 11.7 Å². The van der Waals surface area contributed by atoms with E-state index in [0.29, 0.717) is 16.3 Å². The number of benzene rings is 1. The number of nitrogens with zero attached hydrogens (tertiary/aromatic N) is 1. The molecule has 2 heterocycles. The van der Waals surface area contributed by atoms with Crippen LogP contribution in [0, 0.1) is 5.82 Å². The number of anilines is 1. The lowest BCUT2D eigenvalue weighted by Gasteiger charge is -2.24. The summed E-state index contributed by atoms with van der Waals surface area (Å²) in [5.41, 5.74) is 0.322. The summed E-state index contributed by atoms with van der Waals surface area (Å²) in [5, 5.41) is 3.09. The van der Waals surface area contributed by atoms with E-state index in [1.165, 1.54) is 17.8 Å². The molecule has 0 saturated heterocycles. The van der Waals surface area contributed by atoms with E-state index in [4.69, 9.17) is 0 Å². The highest BCUT2D eigenvalue weighted by atomic mass is 32.2. The number of H-pyrrole nitrogens is 1. The Morgan fingerprint density at radius 1 is 1.35 bits per heavy atom. The Hall–Kier alpha value is -2.15. The summed E-state index contributed by atoms with van der Waals surface area (Å²) in [4.78, 5) is 31.5. The first kappa shape index (κ1) is 15.7. The van der Waals surface area contributed by atoms with Crippen LogP contribution in [0.4, 0.5) is 10.2 Å². The zero-order valence-electron chi connectivity index (χ0n) is 12.6. The number of carbonyl (C=O) groups is 1. The maximum atomic E-state index is 14.1. The summed E-state index contributed by atoms with van der Waals surface area (Å²) in [5.74, 6) is -0.276. The number of rotatable bonds is 4. The Labute approximate surface area is 136 Å². The number of hydrogen-bond acceptors (Lipinski definition) is 4. The molecule has 0 unspecified atom stereocenters. The fourth-order valence-electron chi connectivity index (χ4n) is 2.64. The van der Waals surface area contributed by atoms with Crippen molar-refractivity contribution in [1.29, 1.82) is 0 Å². The molecule has 2 N–H and O–H groups in total. The summed E-state index contributed by atoms with van der Waals surface area (Å²) in [7, 11) is 0. The molecule has 0 saturated carbocycles. The van der Waals surface area contributed by atoms with E-state index in [-0.39, 0.29) is 23.7 Å². The molecule has 0 radical (unpaired) electrons. The van der Waals surface area contributed by atoms with Gasteiger partial charge in [-0.05, 0) is 18.1 Å². The zero-order valence-corrected chi connectivity index (χ0v) is 13.4. The van der Waals surface area contributed by atoms with Gasteiger partial charge < -0.3 is 10.3 Å². The second-order valence-electron chi connectivity index (χ2n) is 5.31. The van der Waals surface area contributed by atoms with E-state index in [1.807, 2.05) is 6.92 Å². The molecule has 1 aromatic heterocycles. The summed E-state index contributed by atoms with van der Waals surface area (Å²) in [6.07, 6.45) is 0.968. The molecular weight excluding hydrogens is 317 g/mol. The van der Waals surface area contributed by atoms with Gasteiger partial charge in [-0.15, -0.1) is 0 Å². The SMILES string of the molecule is CCCSc1nc2c(c(=O)[nH]1)[C@@H](c1ccccc1F)CC(=O)N2. The molecule has 0 bridgehead atoms. The molecular formula is C16H16FN3O2S. The molecule has 7 heteroatoms. The molecule has 0 spiro atoms. The lowest BCUT2D eigenvalue weighted by atomic mass is 9.86. The van der Waals surface area contributed by atoms with Crippen LogP contribution in [0.3, 0.4) is 0 Å². The van der Waals surface area contributed by atoms with E-state index in [0.717, 1.165) is 12.2 Å². The predicted octanol–water partition coefficient (Wildman–Crippen LogP) is 2.89. The number of aromatic nitrogens is 2. The molecule has 5 nitrogen and oxygen atoms in total. The van der Waals surface area contributed by atoms with Crippen molar-refractivity contribution in [2.75, 3.05) is 11.1 Å². The van der Waals surface area contributed by atoms with Gasteiger partial charge in [-0.25, -0.2) is 9.37 Å². The maximum Gasteiger partial charge on any atom is 0.257 e. The molecule has 1 aliphatic heterocycles. The van der Waals surface area contributed by atoms with E-state index in [2.05, 4.69) is 15.3 Å². The average Bonchev–Trinajstić information content (AvgIpc) is 2.52. The van der Waals surface area contributed by atoms with Crippen molar-refractivity contribution in [3.63, 3.8) is 0 Å². The number of amides is 1. The van der Waals surface area contributed by atoms with Crippen molar-refractivity contribution >= 4 is 23.5 Å². The average molecular weight is 333 g/mol. The molecule has 0 aliphatic carbocycles. The summed E-state index contributed by atoms with van der Waals surface area (Å²) in [6.45, 7) is 2.03. The molecule has 0 fully saturated rings. The normalized spacial score (nSPS) is 16.8. The topological polar surface area (TPSA) is 74.8 Å². The van der Waals surface area contributed by atoms with Crippen LogP contribution >= 0.6 is 11.8 Å². The van der Waals surface area contributed by atoms with Crippen LogP contribution in [-0.4, -0.2) is 21.6 Å². The molecule has 120 valence electrons. The molecule has 1 atom stereocenters. The lowest BCUT2D eigenvalue weighted by Crippen LogP contribution is -2.31. The van der Waals surface area contributed by atoms with Gasteiger partial charge in [0.1, 0.15) is 11.6 Å². The van der Waals surface area contributed by atoms with E-state index in [9.17, 15) is 14.0 Å². The van der Waals surface area contributed by atoms with Crippen LogP contribution < -0.4 is 10.9 Å². The number of nitrogens with one attached hydrogen (secondary N) is 2. The van der Waals surface area contributed by atoms with Gasteiger partial charge in [-0.2, -0.15) is 0 Å². The van der Waals surface area contributed by atoms with Crippen LogP contribution in [0.5, 0.6) is 0 Å². The van der Waals surface area contributed by atoms with Crippen molar-refractivity contribution in [3.8, 4) is 0 Å². The fraction of sp³-hybridized carbons (Fsp3) is 0.312. The number of carbonyl (C=O) groups excluding carboxylic acids is 1. The standard InChI is InChI=1S/C16H16FN3O2S/c1-2-7-23-16-19-14-13(15(22)20-16)10(8-12(21)18-14)9-5-3-4-6-11(9)17/h3-6,10H,2,7-8H2,1H3,(H2,18,19,20,21,22)/t10-/m1/s1. The molecule has 1 amide bonds. The van der Waals surface area contributed by atoms with Crippen LogP contribution in [0.25, 0.3) is 0 Å². The Morgan fingerprint density at radius 3 is 2.87 bits per heavy atom. The first-order valence-electron chi connectivity index (χ1n) is 7.41. The quantitative estimate of drug-likeness (QED) is 0.666. The van der Waals surface area contributed by atoms with Gasteiger partial charge in [0.25, 0.3) is 5.56 Å². The molecule has 3 rings (SSSR count). The summed E-state index contributed by atoms with van der Waals surface area (Å²) in [6, 6.07) is 6.20. The molecule has 1 aromatic carbocycles. The first-order valence-corrected chi connectivity index (χ1v) is 8.40. The highest BCUT2D eigenvalue weighted by Crippen LogP contribution is 2.35. The minimum Gasteiger partial charge on any atom is -0.310 e.